The molecule has 3 nitrogen and oxygen atoms in total. The minimum atomic E-state index is 0.449. The van der Waals surface area contributed by atoms with Crippen molar-refractivity contribution in [1.82, 2.24) is 4.90 Å². The summed E-state index contributed by atoms with van der Waals surface area (Å²) in [5.41, 5.74) is 8.28. The van der Waals surface area contributed by atoms with E-state index >= 15 is 0 Å². The van der Waals surface area contributed by atoms with Gasteiger partial charge < -0.3 is 14.7 Å². The van der Waals surface area contributed by atoms with E-state index in [-0.39, 0.29) is 0 Å². The van der Waals surface area contributed by atoms with Gasteiger partial charge in [-0.15, -0.1) is 0 Å². The molecular formula is C42H51N3. The van der Waals surface area contributed by atoms with Crippen LogP contribution < -0.4 is 9.80 Å². The maximum Gasteiger partial charge on any atom is 0.0482 e. The predicted octanol–water partition coefficient (Wildman–Crippen LogP) is 11.0. The minimum Gasteiger partial charge on any atom is -0.366 e. The molecule has 2 atom stereocenters. The number of rotatable bonds is 12. The van der Waals surface area contributed by atoms with Crippen LogP contribution in [0.2, 0.25) is 0 Å². The van der Waals surface area contributed by atoms with Gasteiger partial charge in [0.1, 0.15) is 0 Å². The number of hydrogen-bond acceptors (Lipinski definition) is 3. The highest BCUT2D eigenvalue weighted by molar-refractivity contribution is 5.67. The summed E-state index contributed by atoms with van der Waals surface area (Å²) in [6, 6.07) is 9.75. The Balaban J connectivity index is 1.56. The molecule has 0 spiro atoms. The van der Waals surface area contributed by atoms with Crippen molar-refractivity contribution in [2.75, 3.05) is 16.3 Å². The monoisotopic (exact) mass is 597 g/mol. The summed E-state index contributed by atoms with van der Waals surface area (Å²) in [7, 11) is 0. The van der Waals surface area contributed by atoms with Crippen LogP contribution in [0.1, 0.15) is 58.8 Å². The number of benzene rings is 1. The van der Waals surface area contributed by atoms with Crippen molar-refractivity contribution in [3.05, 3.63) is 170 Å². The molecule has 2 aliphatic heterocycles. The zero-order chi connectivity index (χ0) is 32.0. The molecule has 45 heavy (non-hydrogen) atoms. The summed E-state index contributed by atoms with van der Waals surface area (Å²) in [5.74, 6) is 0. The van der Waals surface area contributed by atoms with E-state index in [0.29, 0.717) is 12.1 Å². The number of allylic oxidation sites excluding steroid dienone is 14. The van der Waals surface area contributed by atoms with Gasteiger partial charge in [-0.25, -0.2) is 0 Å². The van der Waals surface area contributed by atoms with Gasteiger partial charge >= 0.3 is 0 Å². The Labute approximate surface area is 273 Å². The van der Waals surface area contributed by atoms with Gasteiger partial charge in [0, 0.05) is 53.3 Å². The highest BCUT2D eigenvalue weighted by Crippen LogP contribution is 2.36. The highest BCUT2D eigenvalue weighted by atomic mass is 15.2. The predicted molar refractivity (Wildman–Crippen MR) is 198 cm³/mol. The van der Waals surface area contributed by atoms with E-state index < -0.39 is 0 Å². The molecule has 0 saturated carbocycles. The molecular weight excluding hydrogens is 546 g/mol. The molecule has 4 rings (SSSR count). The van der Waals surface area contributed by atoms with Gasteiger partial charge in [0.05, 0.1) is 0 Å². The van der Waals surface area contributed by atoms with E-state index in [1.165, 1.54) is 22.5 Å². The standard InChI is InChI=1S/C42H51N3/c1-7-11-16-21-37-33-43(32-36(37)20-12-8-2)38-24-26-40(27-25-38)44(34(5)10-4)41-28-30-42(31-29-41)45-35(6)19-17-14-15-18-23-39(45)22-13-9-3/h8-16,20-28,32,35,42H,2-5,7,17-19,29-31,33H2,1,6H3/b15-14-,16-11-,20-12-,22-13-,37-21+,39-23-. The van der Waals surface area contributed by atoms with E-state index in [4.69, 9.17) is 0 Å². The van der Waals surface area contributed by atoms with Crippen LogP contribution in [0.5, 0.6) is 0 Å². The van der Waals surface area contributed by atoms with Gasteiger partial charge in [-0.05, 0) is 99.4 Å². The van der Waals surface area contributed by atoms with Crippen LogP contribution in [-0.2, 0) is 0 Å². The smallest absolute Gasteiger partial charge is 0.0482 e. The first kappa shape index (κ1) is 33.4. The lowest BCUT2D eigenvalue weighted by Gasteiger charge is -2.42. The molecule has 0 amide bonds. The molecule has 2 unspecified atom stereocenters. The summed E-state index contributed by atoms with van der Waals surface area (Å²) in [6.45, 7) is 21.6. The molecule has 2 heterocycles. The van der Waals surface area contributed by atoms with Crippen LogP contribution in [0.3, 0.4) is 0 Å². The maximum atomic E-state index is 4.38. The van der Waals surface area contributed by atoms with E-state index in [1.54, 1.807) is 0 Å². The van der Waals surface area contributed by atoms with E-state index in [1.807, 2.05) is 24.3 Å². The number of nitrogens with zero attached hydrogens (tertiary/aromatic N) is 3. The van der Waals surface area contributed by atoms with Crippen LogP contribution in [-0.4, -0.2) is 23.5 Å². The van der Waals surface area contributed by atoms with Gasteiger partial charge in [0.15, 0.2) is 0 Å². The quantitative estimate of drug-likeness (QED) is 0.175. The topological polar surface area (TPSA) is 9.72 Å². The summed E-state index contributed by atoms with van der Waals surface area (Å²) in [4.78, 5) is 7.25. The van der Waals surface area contributed by atoms with Crippen LogP contribution >= 0.6 is 0 Å². The van der Waals surface area contributed by atoms with Crippen molar-refractivity contribution in [3.8, 4) is 0 Å². The first-order chi connectivity index (χ1) is 22.0. The molecule has 0 aromatic heterocycles. The third-order valence-corrected chi connectivity index (χ3v) is 8.65. The number of hydrogen-bond donors (Lipinski definition) is 0. The SMILES string of the molecule is C=C/C=C\C1=CN(c2ccc(N(C(=C)C=C)C3=CCC(N4C(/C=C\C=C)=C\C/C=C\CCC4C)CC3)cc2)C/C1=C\C=C/CC. The second kappa shape index (κ2) is 17.1. The third kappa shape index (κ3) is 8.79. The van der Waals surface area contributed by atoms with Crippen LogP contribution in [0.4, 0.5) is 11.4 Å². The van der Waals surface area contributed by atoms with Crippen molar-refractivity contribution in [2.24, 2.45) is 0 Å². The zero-order valence-electron chi connectivity index (χ0n) is 27.5. The largest absolute Gasteiger partial charge is 0.366 e. The Morgan fingerprint density at radius 3 is 2.44 bits per heavy atom. The lowest BCUT2D eigenvalue weighted by Crippen LogP contribution is -2.42. The second-order valence-corrected chi connectivity index (χ2v) is 11.8. The van der Waals surface area contributed by atoms with E-state index in [0.717, 1.165) is 68.6 Å². The van der Waals surface area contributed by atoms with Crippen molar-refractivity contribution in [2.45, 2.75) is 70.9 Å². The molecule has 0 saturated heterocycles. The van der Waals surface area contributed by atoms with E-state index in [2.05, 4.69) is 146 Å². The Morgan fingerprint density at radius 2 is 1.76 bits per heavy atom. The molecule has 1 aromatic carbocycles. The molecule has 0 fully saturated rings. The lowest BCUT2D eigenvalue weighted by molar-refractivity contribution is 0.179. The first-order valence-corrected chi connectivity index (χ1v) is 16.5. The lowest BCUT2D eigenvalue weighted by atomic mass is 9.93. The average molecular weight is 598 g/mol. The molecule has 1 aliphatic carbocycles. The summed E-state index contributed by atoms with van der Waals surface area (Å²) >= 11 is 0. The first-order valence-electron chi connectivity index (χ1n) is 16.5. The molecule has 0 radical (unpaired) electrons. The van der Waals surface area contributed by atoms with Crippen LogP contribution in [0.25, 0.3) is 0 Å². The second-order valence-electron chi connectivity index (χ2n) is 11.8. The average Bonchev–Trinajstić information content (AvgIpc) is 3.50. The van der Waals surface area contributed by atoms with Crippen LogP contribution in [0, 0.1) is 0 Å². The highest BCUT2D eigenvalue weighted by Gasteiger charge is 2.28. The van der Waals surface area contributed by atoms with Gasteiger partial charge in [0.25, 0.3) is 0 Å². The molecule has 3 heteroatoms. The van der Waals surface area contributed by atoms with Crippen molar-refractivity contribution < 1.29 is 0 Å². The fourth-order valence-corrected chi connectivity index (χ4v) is 6.32. The zero-order valence-corrected chi connectivity index (χ0v) is 27.5. The fraction of sp³-hybridized carbons (Fsp3) is 0.286. The van der Waals surface area contributed by atoms with Gasteiger partial charge in [-0.3, -0.25) is 0 Å². The Hall–Kier alpha value is -4.50. The van der Waals surface area contributed by atoms with Crippen molar-refractivity contribution in [3.63, 3.8) is 0 Å². The maximum absolute atomic E-state index is 4.38. The van der Waals surface area contributed by atoms with Crippen molar-refractivity contribution >= 4 is 11.4 Å². The summed E-state index contributed by atoms with van der Waals surface area (Å²) in [6.07, 6.45) is 39.5. The number of anilines is 2. The molecule has 0 N–H and O–H groups in total. The van der Waals surface area contributed by atoms with Gasteiger partial charge in [-0.1, -0.05) is 106 Å². The van der Waals surface area contributed by atoms with Crippen LogP contribution in [0.15, 0.2) is 170 Å². The summed E-state index contributed by atoms with van der Waals surface area (Å²) in [5, 5.41) is 0. The Kier molecular flexibility index (Phi) is 12.7. The molecule has 234 valence electrons. The molecule has 0 bridgehead atoms. The normalized spacial score (nSPS) is 23.7. The van der Waals surface area contributed by atoms with Gasteiger partial charge in [0.2, 0.25) is 0 Å². The summed E-state index contributed by atoms with van der Waals surface area (Å²) < 4.78 is 0. The Bertz CT molecular complexity index is 1450. The third-order valence-electron chi connectivity index (χ3n) is 8.65. The molecule has 1 aromatic rings. The molecule has 3 aliphatic rings. The Morgan fingerprint density at radius 1 is 0.978 bits per heavy atom. The van der Waals surface area contributed by atoms with E-state index in [9.17, 15) is 0 Å². The minimum absolute atomic E-state index is 0.449. The van der Waals surface area contributed by atoms with Gasteiger partial charge in [-0.2, -0.15) is 0 Å². The van der Waals surface area contributed by atoms with Crippen molar-refractivity contribution in [1.29, 1.82) is 0 Å². The fourth-order valence-electron chi connectivity index (χ4n) is 6.32.